The number of carbonyl (C=O) groups is 1. The van der Waals surface area contributed by atoms with E-state index in [1.165, 1.54) is 21.7 Å². The first-order valence-corrected chi connectivity index (χ1v) is 12.8. The first-order valence-electron chi connectivity index (χ1n) is 11.0. The molecule has 0 radical (unpaired) electrons. The van der Waals surface area contributed by atoms with Crippen LogP contribution in [0.15, 0.2) is 42.5 Å². The Morgan fingerprint density at radius 2 is 1.61 bits per heavy atom. The smallest absolute Gasteiger partial charge is 0.232 e. The van der Waals surface area contributed by atoms with Crippen molar-refractivity contribution in [3.63, 3.8) is 0 Å². The minimum absolute atomic E-state index is 0.0379. The predicted octanol–water partition coefficient (Wildman–Crippen LogP) is 4.72. The van der Waals surface area contributed by atoms with Gasteiger partial charge in [0.1, 0.15) is 0 Å². The Bertz CT molecular complexity index is 947. The van der Waals surface area contributed by atoms with Crippen molar-refractivity contribution >= 4 is 21.6 Å². The first kappa shape index (κ1) is 24.9. The number of rotatable bonds is 11. The molecule has 2 aromatic rings. The van der Waals surface area contributed by atoms with E-state index >= 15 is 0 Å². The van der Waals surface area contributed by atoms with E-state index in [1.807, 2.05) is 32.0 Å². The van der Waals surface area contributed by atoms with Gasteiger partial charge in [-0.15, -0.1) is 0 Å². The molecule has 0 aliphatic carbocycles. The fourth-order valence-corrected chi connectivity index (χ4v) is 4.59. The zero-order valence-electron chi connectivity index (χ0n) is 19.4. The van der Waals surface area contributed by atoms with Gasteiger partial charge in [-0.2, -0.15) is 0 Å². The normalized spacial score (nSPS) is 11.5. The van der Waals surface area contributed by atoms with Crippen LogP contribution in [0.25, 0.3) is 0 Å². The Labute approximate surface area is 187 Å². The first-order chi connectivity index (χ1) is 14.6. The van der Waals surface area contributed by atoms with Crippen molar-refractivity contribution in [1.82, 2.24) is 5.32 Å². The van der Waals surface area contributed by atoms with E-state index in [9.17, 15) is 13.2 Å². The molecule has 0 spiro atoms. The standard InChI is InChI=1S/C25H36N2O3S/c1-19(2)23-12-10-22(11-13-23)8-6-14-26-25(28)9-7-15-27(31(5,29)30)24-17-20(3)16-21(4)18-24/h10-13,16-19H,6-9,14-15H2,1-5H3,(H,26,28). The third kappa shape index (κ3) is 8.37. The molecule has 31 heavy (non-hydrogen) atoms. The summed E-state index contributed by atoms with van der Waals surface area (Å²) in [6.07, 6.45) is 3.79. The van der Waals surface area contributed by atoms with Crippen molar-refractivity contribution in [1.29, 1.82) is 0 Å². The second kappa shape index (κ2) is 11.3. The fraction of sp³-hybridized carbons (Fsp3) is 0.480. The van der Waals surface area contributed by atoms with E-state index in [1.54, 1.807) is 0 Å². The second-order valence-corrected chi connectivity index (χ2v) is 10.5. The van der Waals surface area contributed by atoms with Gasteiger partial charge in [0, 0.05) is 19.5 Å². The van der Waals surface area contributed by atoms with Crippen LogP contribution in [0.5, 0.6) is 0 Å². The van der Waals surface area contributed by atoms with Gasteiger partial charge in [0.15, 0.2) is 0 Å². The van der Waals surface area contributed by atoms with E-state index < -0.39 is 10.0 Å². The van der Waals surface area contributed by atoms with Crippen LogP contribution in [0.3, 0.4) is 0 Å². The third-order valence-corrected chi connectivity index (χ3v) is 6.46. The monoisotopic (exact) mass is 444 g/mol. The number of anilines is 1. The van der Waals surface area contributed by atoms with E-state index in [2.05, 4.69) is 43.4 Å². The number of benzene rings is 2. The van der Waals surface area contributed by atoms with Crippen molar-refractivity contribution in [3.8, 4) is 0 Å². The molecule has 0 aliphatic rings. The molecule has 0 aromatic heterocycles. The van der Waals surface area contributed by atoms with Crippen molar-refractivity contribution in [3.05, 3.63) is 64.7 Å². The fourth-order valence-electron chi connectivity index (χ4n) is 3.64. The number of amides is 1. The Kier molecular flexibility index (Phi) is 9.11. The number of sulfonamides is 1. The van der Waals surface area contributed by atoms with Gasteiger partial charge in [-0.1, -0.05) is 44.2 Å². The van der Waals surface area contributed by atoms with Gasteiger partial charge >= 0.3 is 0 Å². The van der Waals surface area contributed by atoms with Gasteiger partial charge in [0.05, 0.1) is 11.9 Å². The Morgan fingerprint density at radius 1 is 1.00 bits per heavy atom. The minimum atomic E-state index is -3.41. The van der Waals surface area contributed by atoms with Crippen molar-refractivity contribution in [2.45, 2.75) is 59.3 Å². The van der Waals surface area contributed by atoms with Crippen LogP contribution in [0, 0.1) is 13.8 Å². The Morgan fingerprint density at radius 3 is 2.16 bits per heavy atom. The van der Waals surface area contributed by atoms with Crippen molar-refractivity contribution in [2.75, 3.05) is 23.7 Å². The van der Waals surface area contributed by atoms with Crippen LogP contribution in [-0.2, 0) is 21.2 Å². The summed E-state index contributed by atoms with van der Waals surface area (Å²) < 4.78 is 25.9. The lowest BCUT2D eigenvalue weighted by molar-refractivity contribution is -0.121. The van der Waals surface area contributed by atoms with Crippen LogP contribution in [0.4, 0.5) is 5.69 Å². The maximum Gasteiger partial charge on any atom is 0.232 e. The van der Waals surface area contributed by atoms with E-state index in [0.29, 0.717) is 31.0 Å². The largest absolute Gasteiger partial charge is 0.356 e. The summed E-state index contributed by atoms with van der Waals surface area (Å²) >= 11 is 0. The average Bonchev–Trinajstić information content (AvgIpc) is 2.67. The topological polar surface area (TPSA) is 66.5 Å². The Balaban J connectivity index is 1.76. The molecule has 0 saturated carbocycles. The van der Waals surface area contributed by atoms with Crippen LogP contribution in [-0.4, -0.2) is 33.7 Å². The predicted molar refractivity (Wildman–Crippen MR) is 129 cm³/mol. The molecule has 0 fully saturated rings. The number of nitrogens with one attached hydrogen (secondary N) is 1. The highest BCUT2D eigenvalue weighted by Crippen LogP contribution is 2.22. The third-order valence-electron chi connectivity index (χ3n) is 5.27. The summed E-state index contributed by atoms with van der Waals surface area (Å²) in [5.74, 6) is 0.492. The number of hydrogen-bond acceptors (Lipinski definition) is 3. The number of aryl methyl sites for hydroxylation is 3. The summed E-state index contributed by atoms with van der Waals surface area (Å²) in [4.78, 5) is 12.2. The highest BCUT2D eigenvalue weighted by atomic mass is 32.2. The molecule has 2 rings (SSSR count). The summed E-state index contributed by atoms with van der Waals surface area (Å²) in [7, 11) is -3.41. The maximum absolute atomic E-state index is 12.3. The number of nitrogens with zero attached hydrogens (tertiary/aromatic N) is 1. The molecular formula is C25H36N2O3S. The quantitative estimate of drug-likeness (QED) is 0.510. The molecule has 2 aromatic carbocycles. The maximum atomic E-state index is 12.3. The molecule has 1 N–H and O–H groups in total. The van der Waals surface area contributed by atoms with Gasteiger partial charge in [-0.25, -0.2) is 8.42 Å². The van der Waals surface area contributed by atoms with Crippen LogP contribution < -0.4 is 9.62 Å². The summed E-state index contributed by atoms with van der Waals surface area (Å²) in [5, 5.41) is 2.95. The van der Waals surface area contributed by atoms with Crippen LogP contribution in [0.1, 0.15) is 61.3 Å². The molecule has 0 saturated heterocycles. The molecule has 0 bridgehead atoms. The lowest BCUT2D eigenvalue weighted by Gasteiger charge is -2.23. The highest BCUT2D eigenvalue weighted by molar-refractivity contribution is 7.92. The molecule has 0 unspecified atom stereocenters. The molecule has 6 heteroatoms. The lowest BCUT2D eigenvalue weighted by atomic mass is 10.0. The summed E-state index contributed by atoms with van der Waals surface area (Å²) in [5.41, 5.74) is 5.29. The van der Waals surface area contributed by atoms with Gasteiger partial charge in [-0.05, 0) is 73.4 Å². The van der Waals surface area contributed by atoms with Gasteiger partial charge in [0.2, 0.25) is 15.9 Å². The Hall–Kier alpha value is -2.34. The van der Waals surface area contributed by atoms with E-state index in [0.717, 1.165) is 24.0 Å². The van der Waals surface area contributed by atoms with E-state index in [4.69, 9.17) is 0 Å². The zero-order chi connectivity index (χ0) is 23.0. The number of hydrogen-bond donors (Lipinski definition) is 1. The molecule has 5 nitrogen and oxygen atoms in total. The molecular weight excluding hydrogens is 408 g/mol. The van der Waals surface area contributed by atoms with Gasteiger partial charge in [-0.3, -0.25) is 9.10 Å². The SMILES string of the molecule is Cc1cc(C)cc(N(CCCC(=O)NCCCc2ccc(C(C)C)cc2)S(C)(=O)=O)c1. The second-order valence-electron chi connectivity index (χ2n) is 8.63. The van der Waals surface area contributed by atoms with Crippen molar-refractivity contribution in [2.24, 2.45) is 0 Å². The molecule has 0 atom stereocenters. The minimum Gasteiger partial charge on any atom is -0.356 e. The van der Waals surface area contributed by atoms with Crippen molar-refractivity contribution < 1.29 is 13.2 Å². The average molecular weight is 445 g/mol. The van der Waals surface area contributed by atoms with Gasteiger partial charge in [0.25, 0.3) is 0 Å². The summed E-state index contributed by atoms with van der Waals surface area (Å²) in [6.45, 7) is 9.17. The highest BCUT2D eigenvalue weighted by Gasteiger charge is 2.18. The number of carbonyl (C=O) groups excluding carboxylic acids is 1. The van der Waals surface area contributed by atoms with E-state index in [-0.39, 0.29) is 12.5 Å². The molecule has 0 aliphatic heterocycles. The summed E-state index contributed by atoms with van der Waals surface area (Å²) in [6, 6.07) is 14.4. The van der Waals surface area contributed by atoms with Gasteiger partial charge < -0.3 is 5.32 Å². The van der Waals surface area contributed by atoms with Crippen LogP contribution >= 0.6 is 0 Å². The molecule has 1 amide bonds. The lowest BCUT2D eigenvalue weighted by Crippen LogP contribution is -2.32. The van der Waals surface area contributed by atoms with Crippen LogP contribution in [0.2, 0.25) is 0 Å². The molecule has 170 valence electrons. The molecule has 0 heterocycles. The zero-order valence-corrected chi connectivity index (χ0v) is 20.3.